The SMILES string of the molecule is CNC1[CH-]NC1=O.[Y]. The van der Waals surface area contributed by atoms with Crippen LogP contribution in [0.4, 0.5) is 0 Å². The average molecular weight is 188 g/mol. The molecule has 1 rings (SSSR count). The summed E-state index contributed by atoms with van der Waals surface area (Å²) in [6.45, 7) is 1.71. The van der Waals surface area contributed by atoms with Crippen LogP contribution >= 0.6 is 0 Å². The number of amides is 1. The van der Waals surface area contributed by atoms with Crippen molar-refractivity contribution in [3.05, 3.63) is 6.54 Å². The Morgan fingerprint density at radius 3 is 2.50 bits per heavy atom. The first-order valence-corrected chi connectivity index (χ1v) is 2.15. The monoisotopic (exact) mass is 188 g/mol. The summed E-state index contributed by atoms with van der Waals surface area (Å²) in [6.07, 6.45) is 0. The minimum Gasteiger partial charge on any atom is -0.505 e. The van der Waals surface area contributed by atoms with E-state index in [1.165, 1.54) is 0 Å². The standard InChI is InChI=1S/C4H7N2O.Y/c1-5-3-2-6-4(3)7;/h2-3,5H,1H3,(H,6,7);/q-1;. The molecule has 1 amide bonds. The van der Waals surface area contributed by atoms with Gasteiger partial charge in [0.1, 0.15) is 0 Å². The first kappa shape index (κ1) is 8.53. The van der Waals surface area contributed by atoms with Gasteiger partial charge in [0, 0.05) is 32.7 Å². The maximum atomic E-state index is 10.3. The number of likely N-dealkylation sites (N-methyl/N-ethyl adjacent to an activating group) is 1. The van der Waals surface area contributed by atoms with E-state index in [0.717, 1.165) is 0 Å². The van der Waals surface area contributed by atoms with E-state index in [0.29, 0.717) is 0 Å². The fourth-order valence-corrected chi connectivity index (χ4v) is 0.449. The predicted octanol–water partition coefficient (Wildman–Crippen LogP) is -1.14. The second-order valence-corrected chi connectivity index (χ2v) is 1.44. The summed E-state index contributed by atoms with van der Waals surface area (Å²) in [5.74, 6) is 0.0579. The van der Waals surface area contributed by atoms with Gasteiger partial charge in [-0.2, -0.15) is 0 Å². The molecule has 0 aliphatic carbocycles. The van der Waals surface area contributed by atoms with Crippen LogP contribution in [0.2, 0.25) is 0 Å². The van der Waals surface area contributed by atoms with Crippen molar-refractivity contribution >= 4 is 5.91 Å². The minimum absolute atomic E-state index is 0. The number of carbonyl (C=O) groups excluding carboxylic acids is 1. The molecule has 43 valence electrons. The van der Waals surface area contributed by atoms with Gasteiger partial charge in [0.15, 0.2) is 5.91 Å². The number of β-lactam (4-membered cyclic amide) rings is 1. The molecule has 1 radical (unpaired) electrons. The number of hydrogen-bond acceptors (Lipinski definition) is 2. The summed E-state index contributed by atoms with van der Waals surface area (Å²) in [7, 11) is 1.75. The molecule has 4 heteroatoms. The number of nitrogens with one attached hydrogen (secondary N) is 2. The van der Waals surface area contributed by atoms with E-state index in [-0.39, 0.29) is 44.7 Å². The van der Waals surface area contributed by atoms with Crippen LogP contribution in [-0.2, 0) is 37.5 Å². The van der Waals surface area contributed by atoms with Crippen molar-refractivity contribution in [3.63, 3.8) is 0 Å². The van der Waals surface area contributed by atoms with Crippen LogP contribution in [0.25, 0.3) is 0 Å². The van der Waals surface area contributed by atoms with Gasteiger partial charge in [-0.05, 0) is 13.1 Å². The van der Waals surface area contributed by atoms with Gasteiger partial charge < -0.3 is 10.6 Å². The van der Waals surface area contributed by atoms with Crippen molar-refractivity contribution in [1.82, 2.24) is 10.6 Å². The van der Waals surface area contributed by atoms with Crippen molar-refractivity contribution < 1.29 is 37.5 Å². The number of carbonyl (C=O) groups is 1. The Balaban J connectivity index is 0.000000490. The summed E-state index contributed by atoms with van der Waals surface area (Å²) >= 11 is 0. The van der Waals surface area contributed by atoms with Crippen molar-refractivity contribution in [1.29, 1.82) is 0 Å². The minimum atomic E-state index is -0.0417. The van der Waals surface area contributed by atoms with Crippen LogP contribution < -0.4 is 10.6 Å². The summed E-state index contributed by atoms with van der Waals surface area (Å²) < 4.78 is 0. The Labute approximate surface area is 73.5 Å². The van der Waals surface area contributed by atoms with Crippen LogP contribution in [0.15, 0.2) is 0 Å². The molecule has 0 aromatic rings. The molecule has 3 nitrogen and oxygen atoms in total. The molecule has 0 saturated carbocycles. The third-order valence-electron chi connectivity index (χ3n) is 0.986. The zero-order valence-corrected chi connectivity index (χ0v) is 7.48. The third kappa shape index (κ3) is 1.50. The molecule has 0 spiro atoms. The van der Waals surface area contributed by atoms with Gasteiger partial charge in [0.25, 0.3) is 0 Å². The molecule has 1 unspecified atom stereocenters. The second-order valence-electron chi connectivity index (χ2n) is 1.44. The molecule has 0 bridgehead atoms. The van der Waals surface area contributed by atoms with E-state index < -0.39 is 0 Å². The topological polar surface area (TPSA) is 41.1 Å². The van der Waals surface area contributed by atoms with Crippen molar-refractivity contribution in [2.75, 3.05) is 7.05 Å². The molecular weight excluding hydrogens is 181 g/mol. The summed E-state index contributed by atoms with van der Waals surface area (Å²) in [6, 6.07) is -0.0417. The first-order chi connectivity index (χ1) is 3.34. The molecule has 1 saturated heterocycles. The van der Waals surface area contributed by atoms with Gasteiger partial charge >= 0.3 is 0 Å². The van der Waals surface area contributed by atoms with E-state index in [9.17, 15) is 4.79 Å². The van der Waals surface area contributed by atoms with Crippen molar-refractivity contribution in [2.24, 2.45) is 0 Å². The number of rotatable bonds is 1. The normalized spacial score (nSPS) is 25.1. The van der Waals surface area contributed by atoms with Crippen LogP contribution in [0.3, 0.4) is 0 Å². The molecule has 1 aliphatic rings. The van der Waals surface area contributed by atoms with Crippen LogP contribution in [0.1, 0.15) is 0 Å². The fourth-order valence-electron chi connectivity index (χ4n) is 0.449. The maximum Gasteiger partial charge on any atom is 0.179 e. The molecule has 1 atom stereocenters. The zero-order valence-electron chi connectivity index (χ0n) is 4.64. The first-order valence-electron chi connectivity index (χ1n) is 2.15. The fraction of sp³-hybridized carbons (Fsp3) is 0.500. The molecular formula is C4H7N2OY-. The summed E-state index contributed by atoms with van der Waals surface area (Å²) in [5, 5.41) is 5.27. The van der Waals surface area contributed by atoms with Crippen molar-refractivity contribution in [3.8, 4) is 0 Å². The van der Waals surface area contributed by atoms with E-state index in [2.05, 4.69) is 10.6 Å². The molecule has 0 aromatic heterocycles. The Hall–Kier alpha value is 0.534. The summed E-state index contributed by atoms with van der Waals surface area (Å²) in [5.41, 5.74) is 0. The molecule has 1 aliphatic heterocycles. The van der Waals surface area contributed by atoms with E-state index in [4.69, 9.17) is 0 Å². The molecule has 1 fully saturated rings. The van der Waals surface area contributed by atoms with Crippen LogP contribution in [0, 0.1) is 6.54 Å². The Morgan fingerprint density at radius 1 is 1.88 bits per heavy atom. The van der Waals surface area contributed by atoms with E-state index in [1.54, 1.807) is 13.6 Å². The van der Waals surface area contributed by atoms with Gasteiger partial charge in [0.05, 0.1) is 0 Å². The molecule has 8 heavy (non-hydrogen) atoms. The maximum absolute atomic E-state index is 10.3. The van der Waals surface area contributed by atoms with Crippen LogP contribution in [-0.4, -0.2) is 19.0 Å². The Bertz CT molecular complexity index is 94.0. The van der Waals surface area contributed by atoms with Crippen molar-refractivity contribution in [2.45, 2.75) is 6.04 Å². The average Bonchev–Trinajstić information content (AvgIpc) is 1.65. The third-order valence-corrected chi connectivity index (χ3v) is 0.986. The zero-order chi connectivity index (χ0) is 5.28. The smallest absolute Gasteiger partial charge is 0.179 e. The largest absolute Gasteiger partial charge is 0.505 e. The second kappa shape index (κ2) is 3.54. The molecule has 1 heterocycles. The molecule has 0 aromatic carbocycles. The molecule has 2 N–H and O–H groups in total. The van der Waals surface area contributed by atoms with E-state index >= 15 is 0 Å². The van der Waals surface area contributed by atoms with Gasteiger partial charge in [-0.1, -0.05) is 0 Å². The van der Waals surface area contributed by atoms with Gasteiger partial charge in [-0.3, -0.25) is 4.79 Å². The van der Waals surface area contributed by atoms with Gasteiger partial charge in [0.2, 0.25) is 0 Å². The van der Waals surface area contributed by atoms with Gasteiger partial charge in [-0.15, -0.1) is 0 Å². The Morgan fingerprint density at radius 2 is 2.50 bits per heavy atom. The van der Waals surface area contributed by atoms with Gasteiger partial charge in [-0.25, -0.2) is 6.54 Å². The summed E-state index contributed by atoms with van der Waals surface area (Å²) in [4.78, 5) is 10.3. The quantitative estimate of drug-likeness (QED) is 0.403. The number of hydrogen-bond donors (Lipinski definition) is 2. The van der Waals surface area contributed by atoms with Crippen LogP contribution in [0.5, 0.6) is 0 Å². The predicted molar refractivity (Wildman–Crippen MR) is 25.3 cm³/mol. The Kier molecular flexibility index (Phi) is 3.77. The van der Waals surface area contributed by atoms with E-state index in [1.807, 2.05) is 0 Å².